The van der Waals surface area contributed by atoms with E-state index in [0.717, 1.165) is 19.6 Å². The highest BCUT2D eigenvalue weighted by Gasteiger charge is 2.28. The smallest absolute Gasteiger partial charge is 0.224 e. The van der Waals surface area contributed by atoms with Crippen molar-refractivity contribution in [1.82, 2.24) is 15.1 Å². The Balaban J connectivity index is 1.80. The topological polar surface area (TPSA) is 35.6 Å². The highest BCUT2D eigenvalue weighted by molar-refractivity contribution is 5.77. The Morgan fingerprint density at radius 1 is 1.50 bits per heavy atom. The molecule has 92 valence electrons. The van der Waals surface area contributed by atoms with Crippen LogP contribution in [0.1, 0.15) is 25.7 Å². The molecule has 1 N–H and O–H groups in total. The number of rotatable bonds is 3. The molecule has 0 aromatic rings. The Kier molecular flexibility index (Phi) is 3.82. The Hall–Kier alpha value is -0.610. The lowest BCUT2D eigenvalue weighted by Crippen LogP contribution is -2.52. The number of hydrogen-bond acceptors (Lipinski definition) is 3. The Morgan fingerprint density at radius 2 is 2.25 bits per heavy atom. The maximum Gasteiger partial charge on any atom is 0.224 e. The maximum absolute atomic E-state index is 12.1. The molecule has 0 radical (unpaired) electrons. The Morgan fingerprint density at radius 3 is 2.81 bits per heavy atom. The quantitative estimate of drug-likeness (QED) is 0.750. The zero-order chi connectivity index (χ0) is 11.5. The summed E-state index contributed by atoms with van der Waals surface area (Å²) >= 11 is 0. The first kappa shape index (κ1) is 11.9. The lowest BCUT2D eigenvalue weighted by molar-refractivity contribution is -0.134. The normalized spacial score (nSPS) is 27.5. The van der Waals surface area contributed by atoms with E-state index >= 15 is 0 Å². The summed E-state index contributed by atoms with van der Waals surface area (Å²) in [4.78, 5) is 16.3. The van der Waals surface area contributed by atoms with Crippen molar-refractivity contribution in [2.45, 2.75) is 37.8 Å². The van der Waals surface area contributed by atoms with Crippen LogP contribution in [0.15, 0.2) is 0 Å². The van der Waals surface area contributed by atoms with E-state index in [-0.39, 0.29) is 0 Å². The number of amides is 1. The summed E-state index contributed by atoms with van der Waals surface area (Å²) in [5, 5.41) is 3.35. The van der Waals surface area contributed by atoms with Crippen LogP contribution in [-0.2, 0) is 4.79 Å². The van der Waals surface area contributed by atoms with Gasteiger partial charge in [-0.2, -0.15) is 0 Å². The van der Waals surface area contributed by atoms with Gasteiger partial charge in [-0.05, 0) is 26.3 Å². The van der Waals surface area contributed by atoms with Crippen molar-refractivity contribution in [3.63, 3.8) is 0 Å². The molecule has 2 rings (SSSR count). The standard InChI is InChI=1S/C12H23N3O/c1-14-7-6-13-9-11(14)8-12(16)15(2)10-4-3-5-10/h10-11,13H,3-9H2,1-2H3. The monoisotopic (exact) mass is 225 g/mol. The largest absolute Gasteiger partial charge is 0.343 e. The van der Waals surface area contributed by atoms with Crippen LogP contribution in [0.2, 0.25) is 0 Å². The van der Waals surface area contributed by atoms with Crippen LogP contribution in [0.5, 0.6) is 0 Å². The molecule has 1 aliphatic carbocycles. The molecule has 2 fully saturated rings. The van der Waals surface area contributed by atoms with Crippen LogP contribution < -0.4 is 5.32 Å². The zero-order valence-electron chi connectivity index (χ0n) is 10.4. The molecule has 4 heteroatoms. The first-order chi connectivity index (χ1) is 7.68. The third-order valence-electron chi connectivity index (χ3n) is 4.07. The molecular formula is C12H23N3O. The first-order valence-electron chi connectivity index (χ1n) is 6.35. The van der Waals surface area contributed by atoms with Gasteiger partial charge in [0.05, 0.1) is 0 Å². The molecule has 1 heterocycles. The van der Waals surface area contributed by atoms with E-state index in [0.29, 0.717) is 24.4 Å². The van der Waals surface area contributed by atoms with E-state index in [1.54, 1.807) is 0 Å². The fraction of sp³-hybridized carbons (Fsp3) is 0.917. The lowest BCUT2D eigenvalue weighted by Gasteiger charge is -2.38. The number of piperazine rings is 1. The number of carbonyl (C=O) groups is 1. The molecule has 1 saturated carbocycles. The summed E-state index contributed by atoms with van der Waals surface area (Å²) in [5.74, 6) is 0.310. The van der Waals surface area contributed by atoms with Gasteiger partial charge in [-0.25, -0.2) is 0 Å². The van der Waals surface area contributed by atoms with Gasteiger partial charge < -0.3 is 15.1 Å². The second kappa shape index (κ2) is 5.15. The van der Waals surface area contributed by atoms with Crippen molar-refractivity contribution < 1.29 is 4.79 Å². The van der Waals surface area contributed by atoms with Gasteiger partial charge in [-0.15, -0.1) is 0 Å². The molecule has 0 spiro atoms. The number of carbonyl (C=O) groups excluding carboxylic acids is 1. The number of nitrogens with zero attached hydrogens (tertiary/aromatic N) is 2. The predicted molar refractivity (Wildman–Crippen MR) is 64.3 cm³/mol. The molecule has 0 aromatic heterocycles. The third kappa shape index (κ3) is 2.55. The highest BCUT2D eigenvalue weighted by Crippen LogP contribution is 2.24. The Labute approximate surface area is 98.0 Å². The molecule has 1 unspecified atom stereocenters. The van der Waals surface area contributed by atoms with Crippen LogP contribution in [0.4, 0.5) is 0 Å². The molecule has 1 atom stereocenters. The summed E-state index contributed by atoms with van der Waals surface area (Å²) in [6.07, 6.45) is 4.34. The third-order valence-corrected chi connectivity index (χ3v) is 4.07. The molecule has 0 aromatic carbocycles. The average molecular weight is 225 g/mol. The van der Waals surface area contributed by atoms with Crippen molar-refractivity contribution >= 4 is 5.91 Å². The van der Waals surface area contributed by atoms with Crippen LogP contribution >= 0.6 is 0 Å². The fourth-order valence-electron chi connectivity index (χ4n) is 2.41. The fourth-order valence-corrected chi connectivity index (χ4v) is 2.41. The molecule has 4 nitrogen and oxygen atoms in total. The molecule has 0 bridgehead atoms. The van der Waals surface area contributed by atoms with E-state index in [1.807, 2.05) is 11.9 Å². The van der Waals surface area contributed by atoms with E-state index in [1.165, 1.54) is 19.3 Å². The van der Waals surface area contributed by atoms with Crippen LogP contribution in [-0.4, -0.2) is 61.5 Å². The molecule has 2 aliphatic rings. The van der Waals surface area contributed by atoms with E-state index in [4.69, 9.17) is 0 Å². The maximum atomic E-state index is 12.1. The van der Waals surface area contributed by atoms with Gasteiger partial charge in [-0.1, -0.05) is 0 Å². The summed E-state index contributed by atoms with van der Waals surface area (Å²) in [7, 11) is 4.07. The number of nitrogens with one attached hydrogen (secondary N) is 1. The average Bonchev–Trinajstić information content (AvgIpc) is 2.18. The van der Waals surface area contributed by atoms with Crippen molar-refractivity contribution in [3.05, 3.63) is 0 Å². The van der Waals surface area contributed by atoms with Gasteiger partial charge in [0.1, 0.15) is 0 Å². The summed E-state index contributed by atoms with van der Waals surface area (Å²) in [5.41, 5.74) is 0. The van der Waals surface area contributed by atoms with Crippen LogP contribution in [0.3, 0.4) is 0 Å². The SMILES string of the molecule is CN1CCNCC1CC(=O)N(C)C1CCC1. The molecule has 1 saturated heterocycles. The van der Waals surface area contributed by atoms with Gasteiger partial charge in [0, 0.05) is 45.2 Å². The van der Waals surface area contributed by atoms with Crippen LogP contribution in [0, 0.1) is 0 Å². The second-order valence-corrected chi connectivity index (χ2v) is 5.13. The number of likely N-dealkylation sites (N-methyl/N-ethyl adjacent to an activating group) is 1. The van der Waals surface area contributed by atoms with E-state index in [9.17, 15) is 4.79 Å². The second-order valence-electron chi connectivity index (χ2n) is 5.13. The Bertz CT molecular complexity index is 253. The predicted octanol–water partition coefficient (Wildman–Crippen LogP) is 0.291. The minimum Gasteiger partial charge on any atom is -0.343 e. The van der Waals surface area contributed by atoms with E-state index < -0.39 is 0 Å². The summed E-state index contributed by atoms with van der Waals surface area (Å²) in [6, 6.07) is 0.901. The van der Waals surface area contributed by atoms with Crippen molar-refractivity contribution in [2.75, 3.05) is 33.7 Å². The highest BCUT2D eigenvalue weighted by atomic mass is 16.2. The minimum atomic E-state index is 0.310. The van der Waals surface area contributed by atoms with Crippen LogP contribution in [0.25, 0.3) is 0 Å². The van der Waals surface area contributed by atoms with Crippen molar-refractivity contribution in [2.24, 2.45) is 0 Å². The van der Waals surface area contributed by atoms with Gasteiger partial charge in [0.25, 0.3) is 0 Å². The first-order valence-corrected chi connectivity index (χ1v) is 6.35. The number of hydrogen-bond donors (Lipinski definition) is 1. The summed E-state index contributed by atoms with van der Waals surface area (Å²) < 4.78 is 0. The molecule has 16 heavy (non-hydrogen) atoms. The zero-order valence-corrected chi connectivity index (χ0v) is 10.4. The minimum absolute atomic E-state index is 0.310. The molecular weight excluding hydrogens is 202 g/mol. The van der Waals surface area contributed by atoms with Crippen molar-refractivity contribution in [3.8, 4) is 0 Å². The van der Waals surface area contributed by atoms with Gasteiger partial charge in [0.2, 0.25) is 5.91 Å². The van der Waals surface area contributed by atoms with Crippen molar-refractivity contribution in [1.29, 1.82) is 0 Å². The lowest BCUT2D eigenvalue weighted by atomic mass is 9.91. The van der Waals surface area contributed by atoms with Gasteiger partial charge >= 0.3 is 0 Å². The van der Waals surface area contributed by atoms with Gasteiger partial charge in [0.15, 0.2) is 0 Å². The summed E-state index contributed by atoms with van der Waals surface area (Å²) in [6.45, 7) is 3.03. The molecule has 1 aliphatic heterocycles. The molecule has 1 amide bonds. The van der Waals surface area contributed by atoms with E-state index in [2.05, 4.69) is 17.3 Å². The van der Waals surface area contributed by atoms with Gasteiger partial charge in [-0.3, -0.25) is 4.79 Å².